The second-order valence-corrected chi connectivity index (χ2v) is 10.6. The Morgan fingerprint density at radius 1 is 1.24 bits per heavy atom. The lowest BCUT2D eigenvalue weighted by molar-refractivity contribution is -0.115. The van der Waals surface area contributed by atoms with E-state index in [-0.39, 0.29) is 11.3 Å². The number of carbonyl (C=O) groups is 1. The summed E-state index contributed by atoms with van der Waals surface area (Å²) in [5.74, 6) is 1.37. The number of fused-ring (bicyclic) bond motifs is 1. The number of hydrogen-bond donors (Lipinski definition) is 3. The quantitative estimate of drug-likeness (QED) is 0.386. The van der Waals surface area contributed by atoms with E-state index in [1.807, 2.05) is 40.9 Å². The van der Waals surface area contributed by atoms with Crippen LogP contribution in [0, 0.1) is 5.41 Å². The van der Waals surface area contributed by atoms with Crippen molar-refractivity contribution >= 4 is 46.6 Å². The molecule has 4 heterocycles. The molecule has 0 atom stereocenters. The Hall–Kier alpha value is -3.40. The Morgan fingerprint density at radius 3 is 2.81 bits per heavy atom. The molecule has 1 amide bonds. The first-order valence-corrected chi connectivity index (χ1v) is 13.0. The molecule has 10 heteroatoms. The van der Waals surface area contributed by atoms with Gasteiger partial charge in [0.1, 0.15) is 11.6 Å². The summed E-state index contributed by atoms with van der Waals surface area (Å²) < 4.78 is 7.33. The van der Waals surface area contributed by atoms with Crippen molar-refractivity contribution in [2.75, 3.05) is 50.0 Å². The summed E-state index contributed by atoms with van der Waals surface area (Å²) in [6, 6.07) is 9.50. The van der Waals surface area contributed by atoms with E-state index in [1.165, 1.54) is 12.8 Å². The third kappa shape index (κ3) is 5.34. The third-order valence-corrected chi connectivity index (χ3v) is 7.41. The van der Waals surface area contributed by atoms with Crippen LogP contribution in [0.1, 0.15) is 24.8 Å². The maximum Gasteiger partial charge on any atom is 0.251 e. The Balaban J connectivity index is 1.30. The second kappa shape index (κ2) is 9.81. The van der Waals surface area contributed by atoms with E-state index >= 15 is 0 Å². The zero-order valence-corrected chi connectivity index (χ0v) is 21.4. The topological polar surface area (TPSA) is 95.8 Å². The highest BCUT2D eigenvalue weighted by atomic mass is 35.5. The number of benzene rings is 1. The first-order chi connectivity index (χ1) is 18.0. The molecular weight excluding hydrogens is 490 g/mol. The smallest absolute Gasteiger partial charge is 0.251 e. The van der Waals surface area contributed by atoms with E-state index in [2.05, 4.69) is 32.5 Å². The minimum absolute atomic E-state index is 0.130. The molecule has 1 aliphatic carbocycles. The minimum Gasteiger partial charge on any atom is -0.379 e. The zero-order valence-electron chi connectivity index (χ0n) is 20.6. The average Bonchev–Trinajstić information content (AvgIpc) is 3.40. The summed E-state index contributed by atoms with van der Waals surface area (Å²) in [6.45, 7) is 9.39. The van der Waals surface area contributed by atoms with Crippen LogP contribution in [0.2, 0.25) is 5.02 Å². The van der Waals surface area contributed by atoms with Gasteiger partial charge in [-0.2, -0.15) is 9.61 Å². The van der Waals surface area contributed by atoms with Gasteiger partial charge in [-0.3, -0.25) is 9.69 Å². The predicted molar refractivity (Wildman–Crippen MR) is 145 cm³/mol. The lowest BCUT2D eigenvalue weighted by Crippen LogP contribution is -2.41. The van der Waals surface area contributed by atoms with Gasteiger partial charge in [0.25, 0.3) is 5.91 Å². The molecule has 2 aromatic heterocycles. The van der Waals surface area contributed by atoms with Crippen LogP contribution in [0.25, 0.3) is 11.7 Å². The molecule has 37 heavy (non-hydrogen) atoms. The van der Waals surface area contributed by atoms with Gasteiger partial charge in [0.05, 0.1) is 19.4 Å². The van der Waals surface area contributed by atoms with Gasteiger partial charge < -0.3 is 20.7 Å². The van der Waals surface area contributed by atoms with Crippen molar-refractivity contribution in [1.29, 1.82) is 0 Å². The Bertz CT molecular complexity index is 1390. The number of amides is 1. The molecule has 0 bridgehead atoms. The highest BCUT2D eigenvalue weighted by Crippen LogP contribution is 2.46. The van der Waals surface area contributed by atoms with Crippen LogP contribution in [0.15, 0.2) is 54.4 Å². The van der Waals surface area contributed by atoms with Crippen molar-refractivity contribution in [2.24, 2.45) is 5.41 Å². The molecule has 0 spiro atoms. The molecule has 3 N–H and O–H groups in total. The standard InChI is InChI=1S/C27H30ClN7O2/c1-18-11-19(26(36)31-18)12-20-15-30-35-24(29-16-27(5-6-27)17-34-7-9-37-10-8-34)14-23(33-25(20)35)32-22-4-2-3-21(28)13-22/h2-4,12-15,29H,1,5-11,16-17H2,(H,31,36)(H,32,33)/b19-12+. The molecule has 3 fully saturated rings. The molecular formula is C27H30ClN7O2. The normalized spacial score (nSPS) is 20.4. The van der Waals surface area contributed by atoms with Crippen molar-refractivity contribution in [3.63, 3.8) is 0 Å². The Kier molecular flexibility index (Phi) is 6.36. The lowest BCUT2D eigenvalue weighted by Gasteiger charge is -2.30. The molecule has 6 rings (SSSR count). The SMILES string of the molecule is C=C1C/C(=C\c2cnn3c(NCC4(CN5CCOCC5)CC4)cc(Nc4cccc(Cl)c4)nc23)C(=O)N1. The number of hydrogen-bond acceptors (Lipinski definition) is 7. The number of anilines is 3. The molecule has 0 radical (unpaired) electrons. The van der Waals surface area contributed by atoms with Gasteiger partial charge in [-0.1, -0.05) is 24.2 Å². The van der Waals surface area contributed by atoms with E-state index in [4.69, 9.17) is 21.3 Å². The van der Waals surface area contributed by atoms with Crippen LogP contribution in [0.3, 0.4) is 0 Å². The van der Waals surface area contributed by atoms with Crippen LogP contribution in [0.4, 0.5) is 17.3 Å². The van der Waals surface area contributed by atoms with E-state index < -0.39 is 0 Å². The number of halogens is 1. The predicted octanol–water partition coefficient (Wildman–Crippen LogP) is 4.07. The highest BCUT2D eigenvalue weighted by Gasteiger charge is 2.44. The summed E-state index contributed by atoms with van der Waals surface area (Å²) in [6.07, 6.45) is 6.49. The summed E-state index contributed by atoms with van der Waals surface area (Å²) in [5.41, 5.74) is 3.87. The maximum atomic E-state index is 12.3. The fraction of sp³-hybridized carbons (Fsp3) is 0.370. The largest absolute Gasteiger partial charge is 0.379 e. The fourth-order valence-corrected chi connectivity index (χ4v) is 5.15. The average molecular weight is 520 g/mol. The fourth-order valence-electron chi connectivity index (χ4n) is 4.96. The van der Waals surface area contributed by atoms with Gasteiger partial charge in [-0.15, -0.1) is 0 Å². The number of aromatic nitrogens is 3. The van der Waals surface area contributed by atoms with Crippen molar-refractivity contribution in [2.45, 2.75) is 19.3 Å². The van der Waals surface area contributed by atoms with Gasteiger partial charge in [0, 0.05) is 71.6 Å². The number of rotatable bonds is 8. The van der Waals surface area contributed by atoms with Gasteiger partial charge in [-0.05, 0) is 37.1 Å². The molecule has 2 saturated heterocycles. The number of nitrogens with one attached hydrogen (secondary N) is 3. The van der Waals surface area contributed by atoms with Gasteiger partial charge in [0.2, 0.25) is 0 Å². The maximum absolute atomic E-state index is 12.3. The van der Waals surface area contributed by atoms with Crippen molar-refractivity contribution in [3.05, 3.63) is 65.0 Å². The summed E-state index contributed by atoms with van der Waals surface area (Å²) >= 11 is 6.20. The molecule has 3 aliphatic rings. The van der Waals surface area contributed by atoms with Crippen LogP contribution in [0.5, 0.6) is 0 Å². The minimum atomic E-state index is -0.130. The molecule has 1 aromatic carbocycles. The third-order valence-electron chi connectivity index (χ3n) is 7.18. The first kappa shape index (κ1) is 24.0. The number of carbonyl (C=O) groups excluding carboxylic acids is 1. The number of morpholine rings is 1. The van der Waals surface area contributed by atoms with Crippen LogP contribution in [-0.4, -0.2) is 64.8 Å². The van der Waals surface area contributed by atoms with E-state index in [0.717, 1.165) is 56.5 Å². The van der Waals surface area contributed by atoms with Crippen molar-refractivity contribution in [1.82, 2.24) is 24.8 Å². The van der Waals surface area contributed by atoms with Gasteiger partial charge in [-0.25, -0.2) is 4.98 Å². The molecule has 0 unspecified atom stereocenters. The van der Waals surface area contributed by atoms with Crippen molar-refractivity contribution in [3.8, 4) is 0 Å². The monoisotopic (exact) mass is 519 g/mol. The molecule has 9 nitrogen and oxygen atoms in total. The zero-order chi connectivity index (χ0) is 25.4. The second-order valence-electron chi connectivity index (χ2n) is 10.1. The highest BCUT2D eigenvalue weighted by molar-refractivity contribution is 6.30. The number of ether oxygens (including phenoxy) is 1. The van der Waals surface area contributed by atoms with Gasteiger partial charge in [0.15, 0.2) is 5.65 Å². The lowest BCUT2D eigenvalue weighted by atomic mass is 10.1. The molecule has 192 valence electrons. The molecule has 2 aliphatic heterocycles. The molecule has 1 saturated carbocycles. The van der Waals surface area contributed by atoms with E-state index in [1.54, 1.807) is 6.20 Å². The van der Waals surface area contributed by atoms with Crippen molar-refractivity contribution < 1.29 is 9.53 Å². The first-order valence-electron chi connectivity index (χ1n) is 12.6. The Labute approximate surface area is 220 Å². The molecule has 3 aromatic rings. The van der Waals surface area contributed by atoms with Gasteiger partial charge >= 0.3 is 0 Å². The number of allylic oxidation sites excluding steroid dienone is 1. The number of nitrogens with zero attached hydrogens (tertiary/aromatic N) is 4. The van der Waals surface area contributed by atoms with Crippen LogP contribution >= 0.6 is 11.6 Å². The van der Waals surface area contributed by atoms with E-state index in [9.17, 15) is 4.79 Å². The summed E-state index contributed by atoms with van der Waals surface area (Å²) in [5, 5.41) is 15.1. The van der Waals surface area contributed by atoms with Crippen LogP contribution in [-0.2, 0) is 9.53 Å². The summed E-state index contributed by atoms with van der Waals surface area (Å²) in [7, 11) is 0. The van der Waals surface area contributed by atoms with Crippen LogP contribution < -0.4 is 16.0 Å². The summed E-state index contributed by atoms with van der Waals surface area (Å²) in [4.78, 5) is 19.7. The van der Waals surface area contributed by atoms with E-state index in [0.29, 0.717) is 34.2 Å². The Morgan fingerprint density at radius 2 is 2.08 bits per heavy atom.